The first kappa shape index (κ1) is 22.4. The van der Waals surface area contributed by atoms with Crippen LogP contribution in [0.4, 0.5) is 0 Å². The maximum Gasteiger partial charge on any atom is 0.168 e. The van der Waals surface area contributed by atoms with Crippen LogP contribution >= 0.6 is 0 Å². The summed E-state index contributed by atoms with van der Waals surface area (Å²) in [5, 5.41) is 31.1. The van der Waals surface area contributed by atoms with Crippen molar-refractivity contribution < 1.29 is 20.1 Å². The first-order chi connectivity index (χ1) is 14.6. The second kappa shape index (κ2) is 7.55. The van der Waals surface area contributed by atoms with E-state index in [-0.39, 0.29) is 41.5 Å². The highest BCUT2D eigenvalue weighted by atomic mass is 16.6. The van der Waals surface area contributed by atoms with Crippen molar-refractivity contribution in [3.05, 3.63) is 11.6 Å². The fourth-order valence-corrected chi connectivity index (χ4v) is 9.16. The van der Waals surface area contributed by atoms with E-state index in [9.17, 15) is 15.3 Å². The van der Waals surface area contributed by atoms with Gasteiger partial charge in [0.1, 0.15) is 0 Å². The maximum atomic E-state index is 11.4. The molecule has 1 aliphatic heterocycles. The molecule has 4 fully saturated rings. The molecular formula is C27H44O4. The average Bonchev–Trinajstić information content (AvgIpc) is 3.17. The first-order valence-corrected chi connectivity index (χ1v) is 13.0. The summed E-state index contributed by atoms with van der Waals surface area (Å²) in [6.07, 6.45) is 11.7. The van der Waals surface area contributed by atoms with E-state index in [2.05, 4.69) is 26.8 Å². The molecule has 0 aromatic heterocycles. The van der Waals surface area contributed by atoms with Crippen molar-refractivity contribution in [1.29, 1.82) is 0 Å². The van der Waals surface area contributed by atoms with Gasteiger partial charge in [-0.15, -0.1) is 0 Å². The molecule has 0 aromatic carbocycles. The molecule has 176 valence electrons. The van der Waals surface area contributed by atoms with Crippen molar-refractivity contribution in [3.8, 4) is 0 Å². The molecule has 4 nitrogen and oxygen atoms in total. The first-order valence-electron chi connectivity index (χ1n) is 13.0. The third kappa shape index (κ3) is 3.22. The number of allylic oxidation sites excluding steroid dienone is 1. The largest absolute Gasteiger partial charge is 0.396 e. The third-order valence-corrected chi connectivity index (χ3v) is 11.1. The Morgan fingerprint density at radius 1 is 1.19 bits per heavy atom. The molecule has 4 aliphatic carbocycles. The van der Waals surface area contributed by atoms with Crippen LogP contribution in [0, 0.1) is 46.3 Å². The lowest BCUT2D eigenvalue weighted by Crippen LogP contribution is -2.51. The van der Waals surface area contributed by atoms with E-state index < -0.39 is 5.79 Å². The van der Waals surface area contributed by atoms with Crippen LogP contribution in [-0.4, -0.2) is 39.9 Å². The highest BCUT2D eigenvalue weighted by Crippen LogP contribution is 2.70. The zero-order valence-electron chi connectivity index (χ0n) is 20.0. The van der Waals surface area contributed by atoms with E-state index in [0.717, 1.165) is 44.4 Å². The molecule has 31 heavy (non-hydrogen) atoms. The fourth-order valence-electron chi connectivity index (χ4n) is 9.16. The summed E-state index contributed by atoms with van der Waals surface area (Å²) in [6.45, 7) is 9.42. The van der Waals surface area contributed by atoms with Gasteiger partial charge in [0, 0.05) is 18.9 Å². The minimum absolute atomic E-state index is 0.143. The van der Waals surface area contributed by atoms with E-state index >= 15 is 0 Å². The Morgan fingerprint density at radius 2 is 1.97 bits per heavy atom. The predicted molar refractivity (Wildman–Crippen MR) is 121 cm³/mol. The van der Waals surface area contributed by atoms with Gasteiger partial charge in [0.25, 0.3) is 0 Å². The SMILES string of the molecule is CC(CO)CCC1(O)O[C@H]2CC3[C@@H]4CC=C5C[C@@H](O)CC[C@]5(C)[C@H]4CC[C@]3(C)C2[C@@H]1C. The van der Waals surface area contributed by atoms with Crippen molar-refractivity contribution in [2.45, 2.75) is 103 Å². The van der Waals surface area contributed by atoms with Crippen LogP contribution in [0.3, 0.4) is 0 Å². The molecule has 3 N–H and O–H groups in total. The normalized spacial score (nSPS) is 54.4. The van der Waals surface area contributed by atoms with E-state index in [1.807, 2.05) is 6.92 Å². The van der Waals surface area contributed by atoms with Crippen molar-refractivity contribution in [3.63, 3.8) is 0 Å². The molecule has 1 saturated heterocycles. The number of rotatable bonds is 4. The third-order valence-electron chi connectivity index (χ3n) is 11.1. The zero-order chi connectivity index (χ0) is 22.2. The lowest BCUT2D eigenvalue weighted by molar-refractivity contribution is -0.220. The molecule has 5 aliphatic rings. The quantitative estimate of drug-likeness (QED) is 0.565. The summed E-state index contributed by atoms with van der Waals surface area (Å²) < 4.78 is 6.49. The minimum Gasteiger partial charge on any atom is -0.396 e. The van der Waals surface area contributed by atoms with Gasteiger partial charge < -0.3 is 20.1 Å². The van der Waals surface area contributed by atoms with Crippen LogP contribution in [0.25, 0.3) is 0 Å². The summed E-state index contributed by atoms with van der Waals surface area (Å²) in [5.41, 5.74) is 2.05. The highest BCUT2D eigenvalue weighted by molar-refractivity contribution is 5.26. The molecule has 4 unspecified atom stereocenters. The molecule has 0 radical (unpaired) electrons. The number of ether oxygens (including phenoxy) is 1. The molecule has 1 heterocycles. The number of aliphatic hydroxyl groups is 3. The number of aliphatic hydroxyl groups excluding tert-OH is 2. The maximum absolute atomic E-state index is 11.4. The highest BCUT2D eigenvalue weighted by Gasteiger charge is 2.67. The van der Waals surface area contributed by atoms with Crippen LogP contribution in [-0.2, 0) is 4.74 Å². The molecule has 5 rings (SSSR count). The summed E-state index contributed by atoms with van der Waals surface area (Å²) in [6, 6.07) is 0. The molecule has 0 aromatic rings. The second-order valence-corrected chi connectivity index (χ2v) is 12.6. The number of hydrogen-bond donors (Lipinski definition) is 3. The smallest absolute Gasteiger partial charge is 0.168 e. The Morgan fingerprint density at radius 3 is 2.71 bits per heavy atom. The van der Waals surface area contributed by atoms with Gasteiger partial charge in [0.05, 0.1) is 12.2 Å². The summed E-state index contributed by atoms with van der Waals surface area (Å²) in [5.74, 6) is 1.87. The fraction of sp³-hybridized carbons (Fsp3) is 0.926. The Hall–Kier alpha value is -0.420. The van der Waals surface area contributed by atoms with Crippen molar-refractivity contribution >= 4 is 0 Å². The van der Waals surface area contributed by atoms with Gasteiger partial charge >= 0.3 is 0 Å². The molecule has 0 spiro atoms. The minimum atomic E-state index is -1.03. The molecule has 4 heteroatoms. The molecular weight excluding hydrogens is 388 g/mol. The van der Waals surface area contributed by atoms with Gasteiger partial charge in [-0.25, -0.2) is 0 Å². The van der Waals surface area contributed by atoms with E-state index in [4.69, 9.17) is 4.74 Å². The van der Waals surface area contributed by atoms with Gasteiger partial charge in [-0.2, -0.15) is 0 Å². The van der Waals surface area contributed by atoms with Crippen LogP contribution in [0.2, 0.25) is 0 Å². The topological polar surface area (TPSA) is 69.9 Å². The Kier molecular flexibility index (Phi) is 5.45. The second-order valence-electron chi connectivity index (χ2n) is 12.6. The number of fused-ring (bicyclic) bond motifs is 7. The van der Waals surface area contributed by atoms with Crippen molar-refractivity contribution in [2.75, 3.05) is 6.61 Å². The van der Waals surface area contributed by atoms with E-state index in [0.29, 0.717) is 24.2 Å². The Labute approximate surface area is 188 Å². The van der Waals surface area contributed by atoms with Crippen LogP contribution in [0.5, 0.6) is 0 Å². The molecule has 3 saturated carbocycles. The van der Waals surface area contributed by atoms with Gasteiger partial charge in [-0.05, 0) is 91.8 Å². The van der Waals surface area contributed by atoms with Crippen LogP contribution in [0.15, 0.2) is 11.6 Å². The lowest BCUT2D eigenvalue weighted by Gasteiger charge is -2.58. The van der Waals surface area contributed by atoms with E-state index in [1.54, 1.807) is 0 Å². The molecule has 0 bridgehead atoms. The van der Waals surface area contributed by atoms with Crippen LogP contribution < -0.4 is 0 Å². The molecule has 11 atom stereocenters. The number of hydrogen-bond acceptors (Lipinski definition) is 4. The summed E-state index contributed by atoms with van der Waals surface area (Å²) in [7, 11) is 0. The lowest BCUT2D eigenvalue weighted by atomic mass is 9.47. The van der Waals surface area contributed by atoms with E-state index in [1.165, 1.54) is 18.4 Å². The standard InChI is InChI=1S/C27H44O4/c1-16(15-28)7-12-27(30)17(2)24-23(31-27)14-22-20-6-5-18-13-19(29)8-10-25(18,3)21(20)9-11-26(22,24)4/h5,16-17,19-24,28-30H,6-15H2,1-4H3/t16?,17-,19-,20+,21-,22?,23-,24?,25-,26-,27?/m0/s1. The van der Waals surface area contributed by atoms with Gasteiger partial charge in [0.15, 0.2) is 5.79 Å². The zero-order valence-corrected chi connectivity index (χ0v) is 20.0. The van der Waals surface area contributed by atoms with Gasteiger partial charge in [0.2, 0.25) is 0 Å². The van der Waals surface area contributed by atoms with Crippen molar-refractivity contribution in [1.82, 2.24) is 0 Å². The molecule has 0 amide bonds. The summed E-state index contributed by atoms with van der Waals surface area (Å²) >= 11 is 0. The van der Waals surface area contributed by atoms with Gasteiger partial charge in [-0.1, -0.05) is 39.3 Å². The Bertz CT molecular complexity index is 735. The van der Waals surface area contributed by atoms with Crippen LogP contribution in [0.1, 0.15) is 85.5 Å². The average molecular weight is 433 g/mol. The summed E-state index contributed by atoms with van der Waals surface area (Å²) in [4.78, 5) is 0. The monoisotopic (exact) mass is 432 g/mol. The van der Waals surface area contributed by atoms with Gasteiger partial charge in [-0.3, -0.25) is 0 Å². The Balaban J connectivity index is 1.37. The van der Waals surface area contributed by atoms with Crippen molar-refractivity contribution in [2.24, 2.45) is 46.3 Å². The predicted octanol–water partition coefficient (Wildman–Crippen LogP) is 4.67.